The van der Waals surface area contributed by atoms with Crippen LogP contribution in [0.4, 0.5) is 17.1 Å². The van der Waals surface area contributed by atoms with Gasteiger partial charge in [0.1, 0.15) is 0 Å². The molecular formula is C40H34ClN. The average molecular weight is 564 g/mol. The second-order valence-corrected chi connectivity index (χ2v) is 13.5. The number of hydrogen-bond donors (Lipinski definition) is 0. The first-order valence-corrected chi connectivity index (χ1v) is 16.0. The van der Waals surface area contributed by atoms with E-state index in [4.69, 9.17) is 11.6 Å². The van der Waals surface area contributed by atoms with Crippen LogP contribution in [0.25, 0.3) is 22.3 Å². The van der Waals surface area contributed by atoms with Crippen molar-refractivity contribution in [3.05, 3.63) is 137 Å². The summed E-state index contributed by atoms with van der Waals surface area (Å²) in [7, 11) is 0. The zero-order chi connectivity index (χ0) is 27.8. The van der Waals surface area contributed by atoms with Gasteiger partial charge >= 0.3 is 0 Å². The first kappa shape index (κ1) is 24.8. The highest BCUT2D eigenvalue weighted by Crippen LogP contribution is 2.70. The molecule has 4 fully saturated rings. The summed E-state index contributed by atoms with van der Waals surface area (Å²) in [6.45, 7) is 0. The molecule has 0 heterocycles. The van der Waals surface area contributed by atoms with E-state index < -0.39 is 0 Å². The van der Waals surface area contributed by atoms with Crippen molar-refractivity contribution in [3.8, 4) is 22.3 Å². The Balaban J connectivity index is 1.31. The number of anilines is 3. The molecule has 1 nitrogen and oxygen atoms in total. The molecule has 4 bridgehead atoms. The Bertz CT molecular complexity index is 1740. The Morgan fingerprint density at radius 3 is 1.67 bits per heavy atom. The van der Waals surface area contributed by atoms with Gasteiger partial charge in [-0.15, -0.1) is 0 Å². The summed E-state index contributed by atoms with van der Waals surface area (Å²) in [5.74, 6) is 3.14. The summed E-state index contributed by atoms with van der Waals surface area (Å²) in [5, 5.41) is 0.848. The maximum atomic E-state index is 6.95. The Morgan fingerprint density at radius 1 is 0.500 bits per heavy atom. The number of para-hydroxylation sites is 2. The number of hydrogen-bond acceptors (Lipinski definition) is 1. The van der Waals surface area contributed by atoms with E-state index in [1.165, 1.54) is 71.4 Å². The Hall–Kier alpha value is -3.81. The second kappa shape index (κ2) is 9.35. The topological polar surface area (TPSA) is 3.24 Å². The number of nitrogens with zero attached hydrogens (tertiary/aromatic N) is 1. The lowest BCUT2D eigenvalue weighted by Gasteiger charge is -2.61. The first-order valence-electron chi connectivity index (χ1n) is 15.7. The van der Waals surface area contributed by atoms with E-state index in [9.17, 15) is 0 Å². The summed E-state index contributed by atoms with van der Waals surface area (Å²) in [4.78, 5) is 2.43. The molecule has 0 unspecified atom stereocenters. The van der Waals surface area contributed by atoms with Gasteiger partial charge in [0.2, 0.25) is 0 Å². The molecule has 4 saturated carbocycles. The molecule has 5 aliphatic carbocycles. The van der Waals surface area contributed by atoms with Crippen molar-refractivity contribution in [1.29, 1.82) is 0 Å². The van der Waals surface area contributed by atoms with Crippen LogP contribution in [-0.2, 0) is 5.41 Å². The molecular weight excluding hydrogens is 530 g/mol. The molecule has 5 aromatic carbocycles. The van der Waals surface area contributed by atoms with E-state index in [1.807, 2.05) is 0 Å². The third-order valence-corrected chi connectivity index (χ3v) is 11.4. The molecule has 0 aromatic heterocycles. The van der Waals surface area contributed by atoms with Gasteiger partial charge in [-0.3, -0.25) is 0 Å². The fourth-order valence-corrected chi connectivity index (χ4v) is 10.1. The molecule has 0 saturated heterocycles. The molecule has 0 atom stereocenters. The summed E-state index contributed by atoms with van der Waals surface area (Å²) in [6, 6.07) is 44.5. The lowest BCUT2D eigenvalue weighted by molar-refractivity contribution is -0.0397. The van der Waals surface area contributed by atoms with Crippen LogP contribution in [0.2, 0.25) is 5.02 Å². The van der Waals surface area contributed by atoms with Gasteiger partial charge in [0, 0.05) is 33.1 Å². The second-order valence-electron chi connectivity index (χ2n) is 13.1. The Kier molecular flexibility index (Phi) is 5.51. The van der Waals surface area contributed by atoms with Crippen LogP contribution < -0.4 is 4.90 Å². The largest absolute Gasteiger partial charge is 0.310 e. The lowest BCUT2D eigenvalue weighted by atomic mass is 9.42. The van der Waals surface area contributed by atoms with Crippen LogP contribution in [0.15, 0.2) is 121 Å². The summed E-state index contributed by atoms with van der Waals surface area (Å²) in [6.07, 6.45) is 6.87. The number of rotatable bonds is 4. The smallest absolute Gasteiger partial charge is 0.0484 e. The normalized spacial score (nSPS) is 26.3. The molecule has 5 aromatic rings. The van der Waals surface area contributed by atoms with Crippen molar-refractivity contribution < 1.29 is 0 Å². The van der Waals surface area contributed by atoms with Gasteiger partial charge in [-0.1, -0.05) is 90.5 Å². The summed E-state index contributed by atoms with van der Waals surface area (Å²) >= 11 is 6.95. The third-order valence-electron chi connectivity index (χ3n) is 11.1. The van der Waals surface area contributed by atoms with Crippen molar-refractivity contribution in [2.45, 2.75) is 37.5 Å². The average Bonchev–Trinajstić information content (AvgIpc) is 3.32. The van der Waals surface area contributed by atoms with Crippen molar-refractivity contribution in [1.82, 2.24) is 0 Å². The van der Waals surface area contributed by atoms with E-state index in [0.29, 0.717) is 11.8 Å². The Labute approximate surface area is 253 Å². The first-order chi connectivity index (χ1) is 20.7. The molecule has 42 heavy (non-hydrogen) atoms. The number of halogens is 1. The van der Waals surface area contributed by atoms with Crippen molar-refractivity contribution in [2.24, 2.45) is 23.7 Å². The van der Waals surface area contributed by atoms with Crippen LogP contribution in [0, 0.1) is 23.7 Å². The van der Waals surface area contributed by atoms with E-state index in [2.05, 4.69) is 126 Å². The molecule has 0 N–H and O–H groups in total. The van der Waals surface area contributed by atoms with Crippen LogP contribution >= 0.6 is 11.6 Å². The molecule has 1 spiro atoms. The molecule has 2 heteroatoms. The summed E-state index contributed by atoms with van der Waals surface area (Å²) < 4.78 is 0. The Morgan fingerprint density at radius 2 is 1.05 bits per heavy atom. The molecule has 0 amide bonds. The van der Waals surface area contributed by atoms with Crippen LogP contribution in [-0.4, -0.2) is 0 Å². The van der Waals surface area contributed by atoms with Gasteiger partial charge in [-0.2, -0.15) is 0 Å². The maximum absolute atomic E-state index is 6.95. The predicted molar refractivity (Wildman–Crippen MR) is 175 cm³/mol. The molecule has 206 valence electrons. The van der Waals surface area contributed by atoms with Gasteiger partial charge in [-0.05, 0) is 126 Å². The SMILES string of the molecule is Clc1ccccc1-c1cccc2c1C1(c3cc(N(c4ccccc4)c4ccccc4)ccc3-2)C2CC3CC(C2)CC1C3. The van der Waals surface area contributed by atoms with Crippen LogP contribution in [0.1, 0.15) is 43.2 Å². The lowest BCUT2D eigenvalue weighted by Crippen LogP contribution is -2.55. The van der Waals surface area contributed by atoms with E-state index >= 15 is 0 Å². The molecule has 0 radical (unpaired) electrons. The van der Waals surface area contributed by atoms with E-state index in [-0.39, 0.29) is 5.41 Å². The minimum absolute atomic E-state index is 0.0307. The quantitative estimate of drug-likeness (QED) is 0.210. The number of fused-ring (bicyclic) bond motifs is 3. The van der Waals surface area contributed by atoms with Crippen molar-refractivity contribution >= 4 is 28.7 Å². The zero-order valence-corrected chi connectivity index (χ0v) is 24.5. The van der Waals surface area contributed by atoms with Gasteiger partial charge in [0.15, 0.2) is 0 Å². The molecule has 0 aliphatic heterocycles. The van der Waals surface area contributed by atoms with E-state index in [0.717, 1.165) is 16.9 Å². The molecule has 10 rings (SSSR count). The monoisotopic (exact) mass is 563 g/mol. The van der Waals surface area contributed by atoms with Gasteiger partial charge in [0.05, 0.1) is 0 Å². The van der Waals surface area contributed by atoms with Crippen LogP contribution in [0.3, 0.4) is 0 Å². The number of benzene rings is 5. The van der Waals surface area contributed by atoms with Gasteiger partial charge < -0.3 is 4.90 Å². The third kappa shape index (κ3) is 3.44. The van der Waals surface area contributed by atoms with Crippen molar-refractivity contribution in [2.75, 3.05) is 4.90 Å². The van der Waals surface area contributed by atoms with Gasteiger partial charge in [0.25, 0.3) is 0 Å². The highest BCUT2D eigenvalue weighted by molar-refractivity contribution is 6.33. The van der Waals surface area contributed by atoms with E-state index in [1.54, 1.807) is 11.1 Å². The maximum Gasteiger partial charge on any atom is 0.0484 e. The molecule has 5 aliphatic rings. The van der Waals surface area contributed by atoms with Crippen molar-refractivity contribution in [3.63, 3.8) is 0 Å². The minimum Gasteiger partial charge on any atom is -0.310 e. The summed E-state index contributed by atoms with van der Waals surface area (Å²) in [5.41, 5.74) is 12.1. The zero-order valence-electron chi connectivity index (χ0n) is 23.7. The predicted octanol–water partition coefficient (Wildman–Crippen LogP) is 11.2. The fraction of sp³-hybridized carbons (Fsp3) is 0.250. The fourth-order valence-electron chi connectivity index (χ4n) is 9.89. The standard InChI is InChI=1S/C40H34ClN/c41-38-17-8-7-14-34(38)36-16-9-15-35-33-19-18-32(42(30-10-3-1-4-11-30)31-12-5-2-6-13-31)25-37(33)40(39(35)36)28-21-26-20-27(23-28)24-29(40)22-26/h1-19,25-29H,20-24H2. The highest BCUT2D eigenvalue weighted by Gasteiger charge is 2.62. The van der Waals surface area contributed by atoms with Gasteiger partial charge in [-0.25, -0.2) is 0 Å². The highest BCUT2D eigenvalue weighted by atomic mass is 35.5. The van der Waals surface area contributed by atoms with Crippen LogP contribution in [0.5, 0.6) is 0 Å². The minimum atomic E-state index is 0.0307.